The molecule has 0 saturated heterocycles. The number of carbonyl (C=O) groups excluding carboxylic acids is 1. The fourth-order valence-electron chi connectivity index (χ4n) is 2.59. The van der Waals surface area contributed by atoms with E-state index < -0.39 is 22.1 Å². The summed E-state index contributed by atoms with van der Waals surface area (Å²) in [4.78, 5) is 12.4. The lowest BCUT2D eigenvalue weighted by atomic mass is 10.1. The zero-order valence-electron chi connectivity index (χ0n) is 14.9. The molecule has 0 heterocycles. The molecule has 1 aliphatic rings. The van der Waals surface area contributed by atoms with E-state index in [0.29, 0.717) is 10.6 Å². The third-order valence-corrected chi connectivity index (χ3v) is 6.10. The van der Waals surface area contributed by atoms with Gasteiger partial charge >= 0.3 is 5.97 Å². The summed E-state index contributed by atoms with van der Waals surface area (Å²) in [5.41, 5.74) is 0.787. The number of rotatable bonds is 7. The van der Waals surface area contributed by atoms with Gasteiger partial charge in [0.05, 0.1) is 12.7 Å². The van der Waals surface area contributed by atoms with E-state index in [1.165, 1.54) is 25.3 Å². The fraction of sp³-hybridized carbons (Fsp3) is 0.316. The zero-order chi connectivity index (χ0) is 19.6. The van der Waals surface area contributed by atoms with Gasteiger partial charge in [-0.25, -0.2) is 17.9 Å². The lowest BCUT2D eigenvalue weighted by Gasteiger charge is -2.16. The largest absolute Gasteiger partial charge is 0.495 e. The number of hydrogen-bond donors (Lipinski definition) is 1. The first-order valence-electron chi connectivity index (χ1n) is 8.47. The van der Waals surface area contributed by atoms with Crippen LogP contribution in [0, 0.1) is 0 Å². The van der Waals surface area contributed by atoms with Crippen LogP contribution in [0.1, 0.15) is 41.8 Å². The topological polar surface area (TPSA) is 81.7 Å². The third kappa shape index (κ3) is 4.61. The molecule has 6 nitrogen and oxygen atoms in total. The number of nitrogens with one attached hydrogen (secondary N) is 1. The van der Waals surface area contributed by atoms with Crippen molar-refractivity contribution in [3.8, 4) is 5.75 Å². The highest BCUT2D eigenvalue weighted by Crippen LogP contribution is 2.30. The Bertz CT molecular complexity index is 956. The Balaban J connectivity index is 1.85. The van der Waals surface area contributed by atoms with E-state index in [-0.39, 0.29) is 22.3 Å². The van der Waals surface area contributed by atoms with E-state index in [4.69, 9.17) is 21.1 Å². The van der Waals surface area contributed by atoms with Crippen molar-refractivity contribution < 1.29 is 22.7 Å². The molecule has 8 heteroatoms. The molecular weight excluding hydrogens is 390 g/mol. The Morgan fingerprint density at radius 2 is 1.93 bits per heavy atom. The second-order valence-corrected chi connectivity index (χ2v) is 8.42. The molecule has 0 aliphatic heterocycles. The van der Waals surface area contributed by atoms with Crippen LogP contribution in [-0.4, -0.2) is 27.5 Å². The Morgan fingerprint density at radius 1 is 1.22 bits per heavy atom. The summed E-state index contributed by atoms with van der Waals surface area (Å²) in [5, 5.41) is 0.490. The molecule has 0 radical (unpaired) electrons. The van der Waals surface area contributed by atoms with Crippen LogP contribution in [0.5, 0.6) is 5.75 Å². The number of esters is 1. The maximum Gasteiger partial charge on any atom is 0.338 e. The van der Waals surface area contributed by atoms with Gasteiger partial charge in [-0.3, -0.25) is 0 Å². The number of halogens is 1. The van der Waals surface area contributed by atoms with Crippen LogP contribution in [0.4, 0.5) is 0 Å². The van der Waals surface area contributed by atoms with E-state index in [1.54, 1.807) is 31.2 Å². The van der Waals surface area contributed by atoms with Crippen LogP contribution in [0.15, 0.2) is 47.4 Å². The van der Waals surface area contributed by atoms with Gasteiger partial charge in [-0.2, -0.15) is 0 Å². The van der Waals surface area contributed by atoms with Crippen LogP contribution in [0.3, 0.4) is 0 Å². The van der Waals surface area contributed by atoms with Gasteiger partial charge in [0.25, 0.3) is 0 Å². The first-order valence-corrected chi connectivity index (χ1v) is 10.3. The number of hydrogen-bond acceptors (Lipinski definition) is 5. The number of ether oxygens (including phenoxy) is 2. The maximum atomic E-state index is 12.6. The van der Waals surface area contributed by atoms with E-state index >= 15 is 0 Å². The Hall–Kier alpha value is -2.09. The summed E-state index contributed by atoms with van der Waals surface area (Å²) < 4.78 is 38.3. The van der Waals surface area contributed by atoms with Gasteiger partial charge in [-0.1, -0.05) is 29.8 Å². The minimum atomic E-state index is -3.79. The van der Waals surface area contributed by atoms with Gasteiger partial charge in [-0.15, -0.1) is 0 Å². The number of sulfonamides is 1. The predicted molar refractivity (Wildman–Crippen MR) is 102 cm³/mol. The molecule has 1 aliphatic carbocycles. The van der Waals surface area contributed by atoms with Gasteiger partial charge in [-0.05, 0) is 44.0 Å². The molecule has 1 N–H and O–H groups in total. The van der Waals surface area contributed by atoms with Crippen molar-refractivity contribution in [2.24, 2.45) is 0 Å². The average Bonchev–Trinajstić information content (AvgIpc) is 3.44. The molecule has 1 saturated carbocycles. The van der Waals surface area contributed by atoms with Gasteiger partial charge in [0.1, 0.15) is 16.7 Å². The van der Waals surface area contributed by atoms with E-state index in [1.807, 2.05) is 0 Å². The van der Waals surface area contributed by atoms with Crippen LogP contribution >= 0.6 is 11.6 Å². The molecule has 3 rings (SSSR count). The first-order chi connectivity index (χ1) is 12.8. The minimum absolute atomic E-state index is 0.0597. The van der Waals surface area contributed by atoms with Gasteiger partial charge in [0, 0.05) is 16.6 Å². The summed E-state index contributed by atoms with van der Waals surface area (Å²) in [6, 6.07) is 11.2. The number of methoxy groups -OCH3 is 1. The fourth-order valence-corrected chi connectivity index (χ4v) is 4.38. The van der Waals surface area contributed by atoms with Crippen molar-refractivity contribution in [2.75, 3.05) is 7.11 Å². The van der Waals surface area contributed by atoms with Gasteiger partial charge < -0.3 is 9.47 Å². The molecule has 0 unspecified atom stereocenters. The Labute approximate surface area is 163 Å². The predicted octanol–water partition coefficient (Wildman–Crippen LogP) is 3.71. The molecule has 1 atom stereocenters. The molecule has 144 valence electrons. The number of carbonyl (C=O) groups is 1. The lowest BCUT2D eigenvalue weighted by molar-refractivity contribution is 0.0338. The molecule has 0 spiro atoms. The van der Waals surface area contributed by atoms with Crippen molar-refractivity contribution in [3.63, 3.8) is 0 Å². The van der Waals surface area contributed by atoms with Gasteiger partial charge in [0.15, 0.2) is 0 Å². The molecule has 0 bridgehead atoms. The average molecular weight is 410 g/mol. The smallest absolute Gasteiger partial charge is 0.338 e. The summed E-state index contributed by atoms with van der Waals surface area (Å²) in [7, 11) is -2.41. The van der Waals surface area contributed by atoms with E-state index in [2.05, 4.69) is 4.72 Å². The lowest BCUT2D eigenvalue weighted by Crippen LogP contribution is -2.26. The standard InChI is InChI=1S/C19H20ClNO5S/c1-12(15-5-3-4-6-16(15)20)26-19(22)13-7-10-17(25-2)18(11-13)27(23,24)21-14-8-9-14/h3-7,10-12,14,21H,8-9H2,1-2H3/t12-/m1/s1. The minimum Gasteiger partial charge on any atom is -0.495 e. The second-order valence-electron chi connectivity index (χ2n) is 6.33. The third-order valence-electron chi connectivity index (χ3n) is 4.22. The van der Waals surface area contributed by atoms with Crippen LogP contribution < -0.4 is 9.46 Å². The van der Waals surface area contributed by atoms with Crippen molar-refractivity contribution >= 4 is 27.6 Å². The highest BCUT2D eigenvalue weighted by Gasteiger charge is 2.30. The van der Waals surface area contributed by atoms with E-state index in [0.717, 1.165) is 12.8 Å². The molecule has 2 aromatic carbocycles. The zero-order valence-corrected chi connectivity index (χ0v) is 16.5. The normalized spacial score (nSPS) is 15.2. The van der Waals surface area contributed by atoms with Crippen molar-refractivity contribution in [3.05, 3.63) is 58.6 Å². The summed E-state index contributed by atoms with van der Waals surface area (Å²) in [6.07, 6.45) is 1.02. The Morgan fingerprint density at radius 3 is 2.56 bits per heavy atom. The molecule has 0 aromatic heterocycles. The number of benzene rings is 2. The second kappa shape index (κ2) is 7.88. The monoisotopic (exact) mass is 409 g/mol. The summed E-state index contributed by atoms with van der Waals surface area (Å²) in [5.74, 6) is -0.480. The van der Waals surface area contributed by atoms with Gasteiger partial charge in [0.2, 0.25) is 10.0 Å². The molecule has 0 amide bonds. The maximum absolute atomic E-state index is 12.6. The Kier molecular flexibility index (Phi) is 5.74. The summed E-state index contributed by atoms with van der Waals surface area (Å²) in [6.45, 7) is 1.70. The van der Waals surface area contributed by atoms with Crippen LogP contribution in [0.25, 0.3) is 0 Å². The van der Waals surface area contributed by atoms with Crippen LogP contribution in [-0.2, 0) is 14.8 Å². The SMILES string of the molecule is COc1ccc(C(=O)O[C@H](C)c2ccccc2Cl)cc1S(=O)(=O)NC1CC1. The van der Waals surface area contributed by atoms with Crippen LogP contribution in [0.2, 0.25) is 5.02 Å². The highest BCUT2D eigenvalue weighted by atomic mass is 35.5. The van der Waals surface area contributed by atoms with Crippen molar-refractivity contribution in [1.29, 1.82) is 0 Å². The van der Waals surface area contributed by atoms with E-state index in [9.17, 15) is 13.2 Å². The molecule has 2 aromatic rings. The quantitative estimate of drug-likeness (QED) is 0.705. The summed E-state index contributed by atoms with van der Waals surface area (Å²) >= 11 is 6.13. The molecular formula is C19H20ClNO5S. The molecule has 27 heavy (non-hydrogen) atoms. The van der Waals surface area contributed by atoms with Crippen molar-refractivity contribution in [1.82, 2.24) is 4.72 Å². The molecule has 1 fully saturated rings. The van der Waals surface area contributed by atoms with Crippen molar-refractivity contribution in [2.45, 2.75) is 36.8 Å². The highest BCUT2D eigenvalue weighted by molar-refractivity contribution is 7.89. The first kappa shape index (κ1) is 19.7.